The number of aromatic nitrogens is 2. The lowest BCUT2D eigenvalue weighted by atomic mass is 10.3. The number of hydrazine groups is 1. The molecule has 4 heteroatoms. The van der Waals surface area contributed by atoms with E-state index in [0.717, 1.165) is 5.82 Å². The third kappa shape index (κ3) is 1.23. The molecule has 4 nitrogen and oxygen atoms in total. The molecule has 0 saturated carbocycles. The van der Waals surface area contributed by atoms with Gasteiger partial charge in [0.05, 0.1) is 6.04 Å². The molecule has 0 bridgehead atoms. The number of nitrogens with one attached hydrogen (secondary N) is 2. The van der Waals surface area contributed by atoms with E-state index in [4.69, 9.17) is 5.84 Å². The van der Waals surface area contributed by atoms with Gasteiger partial charge in [-0.15, -0.1) is 6.58 Å². The lowest BCUT2D eigenvalue weighted by Gasteiger charge is -2.05. The Morgan fingerprint density at radius 3 is 3.10 bits per heavy atom. The Hall–Kier alpha value is -1.13. The van der Waals surface area contributed by atoms with Gasteiger partial charge in [-0.3, -0.25) is 5.84 Å². The van der Waals surface area contributed by atoms with Crippen LogP contribution in [0.1, 0.15) is 11.9 Å². The normalized spacial score (nSPS) is 12.9. The smallest absolute Gasteiger partial charge is 0.128 e. The summed E-state index contributed by atoms with van der Waals surface area (Å²) in [5.41, 5.74) is 2.54. The first kappa shape index (κ1) is 6.98. The molecule has 1 atom stereocenters. The Kier molecular flexibility index (Phi) is 2.20. The Labute approximate surface area is 59.1 Å². The maximum absolute atomic E-state index is 5.19. The van der Waals surface area contributed by atoms with Gasteiger partial charge in [-0.05, 0) is 0 Å². The van der Waals surface area contributed by atoms with Crippen molar-refractivity contribution in [3.05, 3.63) is 30.9 Å². The van der Waals surface area contributed by atoms with Crippen molar-refractivity contribution in [1.29, 1.82) is 0 Å². The number of nitrogens with two attached hydrogens (primary N) is 1. The zero-order chi connectivity index (χ0) is 7.40. The summed E-state index contributed by atoms with van der Waals surface area (Å²) in [4.78, 5) is 6.90. The topological polar surface area (TPSA) is 66.7 Å². The van der Waals surface area contributed by atoms with Crippen LogP contribution in [0.4, 0.5) is 0 Å². The van der Waals surface area contributed by atoms with Gasteiger partial charge in [-0.25, -0.2) is 10.4 Å². The second-order valence-corrected chi connectivity index (χ2v) is 1.85. The van der Waals surface area contributed by atoms with Crippen molar-refractivity contribution in [1.82, 2.24) is 15.4 Å². The summed E-state index contributed by atoms with van der Waals surface area (Å²) in [5, 5.41) is 0. The molecule has 0 aliphatic heterocycles. The molecule has 1 rings (SSSR count). The molecule has 0 aliphatic rings. The predicted octanol–water partition coefficient (Wildman–Crippen LogP) is 0.100. The molecule has 0 aliphatic carbocycles. The maximum atomic E-state index is 5.19. The highest BCUT2D eigenvalue weighted by Gasteiger charge is 2.04. The minimum atomic E-state index is -0.0880. The molecule has 0 amide bonds. The zero-order valence-corrected chi connectivity index (χ0v) is 5.54. The van der Waals surface area contributed by atoms with E-state index in [1.165, 1.54) is 0 Å². The quantitative estimate of drug-likeness (QED) is 0.315. The Balaban J connectivity index is 2.73. The molecule has 1 aromatic rings. The molecule has 0 saturated heterocycles. The number of aromatic amines is 1. The van der Waals surface area contributed by atoms with E-state index in [9.17, 15) is 0 Å². The van der Waals surface area contributed by atoms with E-state index in [2.05, 4.69) is 22.0 Å². The van der Waals surface area contributed by atoms with Crippen LogP contribution in [0.25, 0.3) is 0 Å². The van der Waals surface area contributed by atoms with Gasteiger partial charge in [-0.2, -0.15) is 0 Å². The van der Waals surface area contributed by atoms with Crippen LogP contribution in [-0.2, 0) is 0 Å². The van der Waals surface area contributed by atoms with E-state index in [1.807, 2.05) is 0 Å². The summed E-state index contributed by atoms with van der Waals surface area (Å²) >= 11 is 0. The lowest BCUT2D eigenvalue weighted by Crippen LogP contribution is -2.27. The molecule has 54 valence electrons. The fourth-order valence-electron chi connectivity index (χ4n) is 0.706. The van der Waals surface area contributed by atoms with Crippen LogP contribution in [0.15, 0.2) is 25.0 Å². The van der Waals surface area contributed by atoms with E-state index in [0.29, 0.717) is 0 Å². The highest BCUT2D eigenvalue weighted by molar-refractivity contribution is 5.02. The second kappa shape index (κ2) is 3.14. The van der Waals surface area contributed by atoms with Crippen molar-refractivity contribution in [2.45, 2.75) is 6.04 Å². The Morgan fingerprint density at radius 2 is 2.70 bits per heavy atom. The third-order valence-corrected chi connectivity index (χ3v) is 1.23. The zero-order valence-electron chi connectivity index (χ0n) is 5.54. The standard InChI is InChI=1S/C6H10N4/c1-2-5(10-7)6-8-3-4-9-6/h2-5,10H,1,7H2,(H,8,9). The van der Waals surface area contributed by atoms with E-state index in [-0.39, 0.29) is 6.04 Å². The summed E-state index contributed by atoms with van der Waals surface area (Å²) in [6.45, 7) is 3.59. The van der Waals surface area contributed by atoms with Crippen LogP contribution in [0.5, 0.6) is 0 Å². The molecule has 10 heavy (non-hydrogen) atoms. The summed E-state index contributed by atoms with van der Waals surface area (Å²) in [6, 6.07) is -0.0880. The molecular formula is C6H10N4. The average molecular weight is 138 g/mol. The van der Waals surface area contributed by atoms with E-state index >= 15 is 0 Å². The van der Waals surface area contributed by atoms with Crippen LogP contribution < -0.4 is 11.3 Å². The summed E-state index contributed by atoms with van der Waals surface area (Å²) in [6.07, 6.45) is 5.09. The molecule has 1 heterocycles. The van der Waals surface area contributed by atoms with Crippen molar-refractivity contribution in [3.8, 4) is 0 Å². The van der Waals surface area contributed by atoms with Crippen molar-refractivity contribution < 1.29 is 0 Å². The number of nitrogens with zero attached hydrogens (tertiary/aromatic N) is 1. The van der Waals surface area contributed by atoms with Gasteiger partial charge in [0, 0.05) is 12.4 Å². The lowest BCUT2D eigenvalue weighted by molar-refractivity contribution is 0.626. The summed E-state index contributed by atoms with van der Waals surface area (Å²) in [5.74, 6) is 5.97. The minimum absolute atomic E-state index is 0.0880. The third-order valence-electron chi connectivity index (χ3n) is 1.23. The van der Waals surface area contributed by atoms with Gasteiger partial charge in [0.1, 0.15) is 5.82 Å². The van der Waals surface area contributed by atoms with Gasteiger partial charge in [0.25, 0.3) is 0 Å². The summed E-state index contributed by atoms with van der Waals surface area (Å²) < 4.78 is 0. The van der Waals surface area contributed by atoms with Crippen molar-refractivity contribution in [3.63, 3.8) is 0 Å². The largest absolute Gasteiger partial charge is 0.347 e. The SMILES string of the molecule is C=CC(NN)c1ncc[nH]1. The number of rotatable bonds is 3. The highest BCUT2D eigenvalue weighted by Crippen LogP contribution is 2.04. The fraction of sp³-hybridized carbons (Fsp3) is 0.167. The van der Waals surface area contributed by atoms with E-state index in [1.54, 1.807) is 18.5 Å². The Morgan fingerprint density at radius 1 is 1.90 bits per heavy atom. The monoisotopic (exact) mass is 138 g/mol. The van der Waals surface area contributed by atoms with Gasteiger partial charge in [0.2, 0.25) is 0 Å². The van der Waals surface area contributed by atoms with Gasteiger partial charge in [-0.1, -0.05) is 6.08 Å². The van der Waals surface area contributed by atoms with Crippen LogP contribution in [0.2, 0.25) is 0 Å². The number of hydrogen-bond acceptors (Lipinski definition) is 3. The molecule has 4 N–H and O–H groups in total. The molecule has 1 aromatic heterocycles. The first-order valence-electron chi connectivity index (χ1n) is 2.96. The first-order chi connectivity index (χ1) is 4.88. The van der Waals surface area contributed by atoms with Crippen molar-refractivity contribution in [2.24, 2.45) is 5.84 Å². The minimum Gasteiger partial charge on any atom is -0.347 e. The van der Waals surface area contributed by atoms with Crippen molar-refractivity contribution in [2.75, 3.05) is 0 Å². The van der Waals surface area contributed by atoms with Crippen molar-refractivity contribution >= 4 is 0 Å². The highest BCUT2D eigenvalue weighted by atomic mass is 15.2. The van der Waals surface area contributed by atoms with Gasteiger partial charge >= 0.3 is 0 Å². The fourth-order valence-corrected chi connectivity index (χ4v) is 0.706. The van der Waals surface area contributed by atoms with Gasteiger partial charge < -0.3 is 4.98 Å². The average Bonchev–Trinajstić information content (AvgIpc) is 2.43. The second-order valence-electron chi connectivity index (χ2n) is 1.85. The first-order valence-corrected chi connectivity index (χ1v) is 2.96. The number of imidazole rings is 1. The molecule has 0 fully saturated rings. The molecule has 1 unspecified atom stereocenters. The van der Waals surface area contributed by atoms with E-state index < -0.39 is 0 Å². The number of hydrogen-bond donors (Lipinski definition) is 3. The predicted molar refractivity (Wildman–Crippen MR) is 38.8 cm³/mol. The van der Waals surface area contributed by atoms with Crippen LogP contribution in [0.3, 0.4) is 0 Å². The maximum Gasteiger partial charge on any atom is 0.128 e. The molecular weight excluding hydrogens is 128 g/mol. The Bertz CT molecular complexity index is 192. The van der Waals surface area contributed by atoms with Crippen LogP contribution in [0, 0.1) is 0 Å². The molecule has 0 spiro atoms. The molecule has 0 radical (unpaired) electrons. The summed E-state index contributed by atoms with van der Waals surface area (Å²) in [7, 11) is 0. The van der Waals surface area contributed by atoms with Gasteiger partial charge in [0.15, 0.2) is 0 Å². The van der Waals surface area contributed by atoms with Crippen LogP contribution in [-0.4, -0.2) is 9.97 Å². The number of H-pyrrole nitrogens is 1. The molecule has 0 aromatic carbocycles. The van der Waals surface area contributed by atoms with Crippen LogP contribution >= 0.6 is 0 Å².